The predicted molar refractivity (Wildman–Crippen MR) is 73.8 cm³/mol. The van der Waals surface area contributed by atoms with Gasteiger partial charge in [0.05, 0.1) is 21.1 Å². The topological polar surface area (TPSA) is 54.9 Å². The molecule has 0 atom stereocenters. The second-order valence-corrected chi connectivity index (χ2v) is 5.86. The molecule has 0 amide bonds. The zero-order valence-corrected chi connectivity index (χ0v) is 11.7. The van der Waals surface area contributed by atoms with Gasteiger partial charge < -0.3 is 4.98 Å². The average Bonchev–Trinajstić information content (AvgIpc) is 2.21. The van der Waals surface area contributed by atoms with Crippen LogP contribution in [0, 0.1) is 0 Å². The zero-order chi connectivity index (χ0) is 13.7. The van der Waals surface area contributed by atoms with Gasteiger partial charge in [-0.2, -0.15) is 0 Å². The third-order valence-electron chi connectivity index (χ3n) is 2.60. The molecule has 1 aromatic carbocycles. The summed E-state index contributed by atoms with van der Waals surface area (Å²) in [7, 11) is 0. The molecule has 0 spiro atoms. The summed E-state index contributed by atoms with van der Waals surface area (Å²) >= 11 is 11.9. The Balaban J connectivity index is 3.08. The van der Waals surface area contributed by atoms with Crippen molar-refractivity contribution in [2.24, 2.45) is 0 Å². The summed E-state index contributed by atoms with van der Waals surface area (Å²) in [4.78, 5) is 26.1. The Labute approximate surface area is 113 Å². The lowest BCUT2D eigenvalue weighted by Gasteiger charge is -2.24. The Hall–Kier alpha value is -1.26. The Kier molecular flexibility index (Phi) is 3.03. The van der Waals surface area contributed by atoms with Gasteiger partial charge in [0.25, 0.3) is 0 Å². The van der Waals surface area contributed by atoms with Crippen molar-refractivity contribution in [3.63, 3.8) is 0 Å². The molecule has 0 aliphatic heterocycles. The Morgan fingerprint density at radius 1 is 1.11 bits per heavy atom. The number of hydrogen-bond donors (Lipinski definition) is 1. The number of benzene rings is 1. The Bertz CT molecular complexity index is 739. The normalized spacial score (nSPS) is 12.1. The highest BCUT2D eigenvalue weighted by Gasteiger charge is 2.20. The maximum Gasteiger partial charge on any atom is 0.317 e. The first-order valence-corrected chi connectivity index (χ1v) is 6.12. The van der Waals surface area contributed by atoms with E-state index >= 15 is 0 Å². The molecular weight excluding hydrogens is 275 g/mol. The van der Waals surface area contributed by atoms with Crippen LogP contribution in [0.4, 0.5) is 0 Å². The van der Waals surface area contributed by atoms with Crippen molar-refractivity contribution in [3.05, 3.63) is 42.9 Å². The summed E-state index contributed by atoms with van der Waals surface area (Å²) in [5, 5.41) is 0.674. The van der Waals surface area contributed by atoms with Crippen molar-refractivity contribution < 1.29 is 0 Å². The quantitative estimate of drug-likeness (QED) is 0.757. The van der Waals surface area contributed by atoms with Gasteiger partial charge in [0, 0.05) is 5.54 Å². The standard InChI is InChI=1S/C12H12Cl2N2O2/c1-12(2,3)16-9-5-7(14)6(13)4-8(9)15-10(17)11(16)18/h4-5H,1-3H3,(H,15,17). The van der Waals surface area contributed by atoms with E-state index in [4.69, 9.17) is 23.2 Å². The molecule has 0 fully saturated rings. The molecule has 4 nitrogen and oxygen atoms in total. The van der Waals surface area contributed by atoms with E-state index in [1.807, 2.05) is 20.8 Å². The number of aromatic amines is 1. The van der Waals surface area contributed by atoms with E-state index in [-0.39, 0.29) is 0 Å². The van der Waals surface area contributed by atoms with Gasteiger partial charge in [-0.25, -0.2) is 0 Å². The minimum absolute atomic E-state index is 0.332. The molecule has 0 aliphatic carbocycles. The number of nitrogens with zero attached hydrogens (tertiary/aromatic N) is 1. The first-order chi connectivity index (χ1) is 8.21. The summed E-state index contributed by atoms with van der Waals surface area (Å²) in [6, 6.07) is 3.13. The second-order valence-electron chi connectivity index (χ2n) is 5.05. The number of rotatable bonds is 0. The summed E-state index contributed by atoms with van der Waals surface area (Å²) in [5.74, 6) is 0. The maximum absolute atomic E-state index is 12.0. The van der Waals surface area contributed by atoms with E-state index in [0.717, 1.165) is 0 Å². The summed E-state index contributed by atoms with van der Waals surface area (Å²) < 4.78 is 1.42. The minimum atomic E-state index is -0.671. The number of H-pyrrole nitrogens is 1. The molecule has 0 saturated carbocycles. The van der Waals surface area contributed by atoms with E-state index < -0.39 is 16.7 Å². The molecule has 2 rings (SSSR count). The third-order valence-corrected chi connectivity index (χ3v) is 3.32. The minimum Gasteiger partial charge on any atom is -0.316 e. The number of aromatic nitrogens is 2. The molecule has 0 unspecified atom stereocenters. The van der Waals surface area contributed by atoms with Gasteiger partial charge in [-0.3, -0.25) is 14.2 Å². The van der Waals surface area contributed by atoms with Crippen LogP contribution < -0.4 is 11.1 Å². The smallest absolute Gasteiger partial charge is 0.316 e. The van der Waals surface area contributed by atoms with E-state index in [2.05, 4.69) is 4.98 Å². The highest BCUT2D eigenvalue weighted by atomic mass is 35.5. The first kappa shape index (κ1) is 13.2. The number of halogens is 2. The van der Waals surface area contributed by atoms with Crippen molar-refractivity contribution in [2.75, 3.05) is 0 Å². The van der Waals surface area contributed by atoms with Gasteiger partial charge in [0.1, 0.15) is 0 Å². The molecule has 6 heteroatoms. The average molecular weight is 287 g/mol. The predicted octanol–water partition coefficient (Wildman–Crippen LogP) is 2.75. The van der Waals surface area contributed by atoms with E-state index in [1.165, 1.54) is 4.57 Å². The van der Waals surface area contributed by atoms with Crippen molar-refractivity contribution in [1.29, 1.82) is 0 Å². The molecule has 0 bridgehead atoms. The Morgan fingerprint density at radius 3 is 2.22 bits per heavy atom. The highest BCUT2D eigenvalue weighted by Crippen LogP contribution is 2.27. The third kappa shape index (κ3) is 2.06. The lowest BCUT2D eigenvalue weighted by atomic mass is 10.1. The van der Waals surface area contributed by atoms with Gasteiger partial charge in [-0.1, -0.05) is 23.2 Å². The molecule has 1 N–H and O–H groups in total. The van der Waals surface area contributed by atoms with E-state index in [0.29, 0.717) is 21.1 Å². The molecule has 1 heterocycles. The molecule has 2 aromatic rings. The SMILES string of the molecule is CC(C)(C)n1c(=O)c(=O)[nH]c2cc(Cl)c(Cl)cc21. The number of nitrogens with one attached hydrogen (secondary N) is 1. The van der Waals surface area contributed by atoms with Gasteiger partial charge in [-0.15, -0.1) is 0 Å². The van der Waals surface area contributed by atoms with Gasteiger partial charge in [-0.05, 0) is 32.9 Å². The lowest BCUT2D eigenvalue weighted by Crippen LogP contribution is -2.43. The number of hydrogen-bond acceptors (Lipinski definition) is 2. The molecule has 0 saturated heterocycles. The molecular formula is C12H12Cl2N2O2. The van der Waals surface area contributed by atoms with Crippen LogP contribution in [-0.2, 0) is 5.54 Å². The molecule has 18 heavy (non-hydrogen) atoms. The van der Waals surface area contributed by atoms with Crippen LogP contribution in [0.5, 0.6) is 0 Å². The van der Waals surface area contributed by atoms with Crippen LogP contribution in [0.3, 0.4) is 0 Å². The van der Waals surface area contributed by atoms with Crippen LogP contribution in [0.25, 0.3) is 11.0 Å². The maximum atomic E-state index is 12.0. The monoisotopic (exact) mass is 286 g/mol. The first-order valence-electron chi connectivity index (χ1n) is 5.36. The van der Waals surface area contributed by atoms with Crippen molar-refractivity contribution in [2.45, 2.75) is 26.3 Å². The van der Waals surface area contributed by atoms with Crippen LogP contribution in [0.15, 0.2) is 21.7 Å². The van der Waals surface area contributed by atoms with Crippen molar-refractivity contribution in [1.82, 2.24) is 9.55 Å². The molecule has 1 aromatic heterocycles. The highest BCUT2D eigenvalue weighted by molar-refractivity contribution is 6.42. The summed E-state index contributed by atoms with van der Waals surface area (Å²) in [6.07, 6.45) is 0. The fourth-order valence-corrected chi connectivity index (χ4v) is 2.20. The van der Waals surface area contributed by atoms with Gasteiger partial charge in [0.2, 0.25) is 0 Å². The molecule has 96 valence electrons. The van der Waals surface area contributed by atoms with Crippen LogP contribution in [-0.4, -0.2) is 9.55 Å². The lowest BCUT2D eigenvalue weighted by molar-refractivity contribution is 0.395. The van der Waals surface area contributed by atoms with Crippen LogP contribution in [0.1, 0.15) is 20.8 Å². The van der Waals surface area contributed by atoms with Crippen LogP contribution >= 0.6 is 23.2 Å². The fraction of sp³-hybridized carbons (Fsp3) is 0.333. The molecule has 0 radical (unpaired) electrons. The van der Waals surface area contributed by atoms with Crippen molar-refractivity contribution >= 4 is 34.2 Å². The van der Waals surface area contributed by atoms with Gasteiger partial charge in [0.15, 0.2) is 0 Å². The van der Waals surface area contributed by atoms with E-state index in [9.17, 15) is 9.59 Å². The second kappa shape index (κ2) is 4.14. The van der Waals surface area contributed by atoms with Crippen molar-refractivity contribution in [3.8, 4) is 0 Å². The summed E-state index contributed by atoms with van der Waals surface area (Å²) in [5.41, 5.74) is -0.754. The Morgan fingerprint density at radius 2 is 1.67 bits per heavy atom. The van der Waals surface area contributed by atoms with Gasteiger partial charge >= 0.3 is 11.1 Å². The zero-order valence-electron chi connectivity index (χ0n) is 10.2. The molecule has 0 aliphatic rings. The van der Waals surface area contributed by atoms with Crippen LogP contribution in [0.2, 0.25) is 10.0 Å². The van der Waals surface area contributed by atoms with E-state index in [1.54, 1.807) is 12.1 Å². The largest absolute Gasteiger partial charge is 0.317 e. The number of fused-ring (bicyclic) bond motifs is 1. The fourth-order valence-electron chi connectivity index (χ4n) is 1.87. The summed E-state index contributed by atoms with van der Waals surface area (Å²) in [6.45, 7) is 5.53.